The number of anilines is 1. The normalized spacial score (nSPS) is 11.6. The molecule has 1 aromatic heterocycles. The molecule has 0 spiro atoms. The van der Waals surface area contributed by atoms with Gasteiger partial charge in [0.1, 0.15) is 5.75 Å². The van der Waals surface area contributed by atoms with E-state index in [2.05, 4.69) is 9.36 Å². The second kappa shape index (κ2) is 4.62. The first-order valence-electron chi connectivity index (χ1n) is 4.50. The van der Waals surface area contributed by atoms with E-state index in [1.54, 1.807) is 0 Å². The molecule has 4 nitrogen and oxygen atoms in total. The molecule has 2 aromatic rings. The van der Waals surface area contributed by atoms with Crippen molar-refractivity contribution in [1.29, 1.82) is 0 Å². The van der Waals surface area contributed by atoms with E-state index in [4.69, 9.17) is 22.1 Å². The van der Waals surface area contributed by atoms with Crippen molar-refractivity contribution < 1.29 is 17.9 Å². The third kappa shape index (κ3) is 2.82. The Morgan fingerprint density at radius 1 is 1.33 bits per heavy atom. The number of halogens is 4. The molecule has 0 fully saturated rings. The SMILES string of the molecule is Nc1ccc(Oc2nc(C(F)(F)F)ns2)cc1Cl. The zero-order valence-corrected chi connectivity index (χ0v) is 10.1. The van der Waals surface area contributed by atoms with Crippen LogP contribution in [0.2, 0.25) is 5.02 Å². The van der Waals surface area contributed by atoms with Crippen molar-refractivity contribution in [2.24, 2.45) is 0 Å². The summed E-state index contributed by atoms with van der Waals surface area (Å²) >= 11 is 6.24. The van der Waals surface area contributed by atoms with Crippen LogP contribution in [0.5, 0.6) is 10.9 Å². The zero-order chi connectivity index (χ0) is 13.3. The molecule has 2 N–H and O–H groups in total. The summed E-state index contributed by atoms with van der Waals surface area (Å²) in [5.74, 6) is -0.997. The van der Waals surface area contributed by atoms with Crippen LogP contribution in [0.1, 0.15) is 5.82 Å². The number of rotatable bonds is 2. The van der Waals surface area contributed by atoms with Gasteiger partial charge in [-0.2, -0.15) is 22.5 Å². The summed E-state index contributed by atoms with van der Waals surface area (Å²) in [6, 6.07) is 4.32. The van der Waals surface area contributed by atoms with E-state index >= 15 is 0 Å². The van der Waals surface area contributed by atoms with Gasteiger partial charge in [-0.25, -0.2) is 0 Å². The molecule has 0 saturated carbocycles. The lowest BCUT2D eigenvalue weighted by atomic mass is 10.3. The van der Waals surface area contributed by atoms with Crippen LogP contribution >= 0.6 is 23.1 Å². The van der Waals surface area contributed by atoms with Gasteiger partial charge < -0.3 is 10.5 Å². The van der Waals surface area contributed by atoms with Crippen LogP contribution in [0.4, 0.5) is 18.9 Å². The third-order valence-corrected chi connectivity index (χ3v) is 2.76. The number of hydrogen-bond acceptors (Lipinski definition) is 5. The minimum Gasteiger partial charge on any atom is -0.430 e. The Morgan fingerprint density at radius 3 is 2.61 bits per heavy atom. The third-order valence-electron chi connectivity index (χ3n) is 1.84. The topological polar surface area (TPSA) is 61.0 Å². The summed E-state index contributed by atoms with van der Waals surface area (Å²) in [7, 11) is 0. The summed E-state index contributed by atoms with van der Waals surface area (Å²) in [6.07, 6.45) is -4.59. The number of ether oxygens (including phenoxy) is 1. The Morgan fingerprint density at radius 2 is 2.06 bits per heavy atom. The van der Waals surface area contributed by atoms with Gasteiger partial charge in [0.25, 0.3) is 11.0 Å². The molecule has 2 rings (SSSR count). The summed E-state index contributed by atoms with van der Waals surface area (Å²) in [5, 5.41) is 0.0243. The fraction of sp³-hybridized carbons (Fsp3) is 0.111. The second-order valence-corrected chi connectivity index (χ2v) is 4.29. The first-order chi connectivity index (χ1) is 8.36. The summed E-state index contributed by atoms with van der Waals surface area (Å²) in [5.41, 5.74) is 5.83. The molecule has 18 heavy (non-hydrogen) atoms. The Balaban J connectivity index is 2.19. The van der Waals surface area contributed by atoms with Gasteiger partial charge in [0.15, 0.2) is 0 Å². The number of nitrogens with two attached hydrogens (primary N) is 1. The van der Waals surface area contributed by atoms with Gasteiger partial charge in [-0.05, 0) is 12.1 Å². The predicted octanol–water partition coefficient (Wildman–Crippen LogP) is 3.58. The molecule has 0 aliphatic rings. The Kier molecular flexibility index (Phi) is 3.31. The monoisotopic (exact) mass is 295 g/mol. The van der Waals surface area contributed by atoms with E-state index in [1.165, 1.54) is 18.2 Å². The first-order valence-corrected chi connectivity index (χ1v) is 5.65. The van der Waals surface area contributed by atoms with Crippen LogP contribution in [0.25, 0.3) is 0 Å². The highest BCUT2D eigenvalue weighted by atomic mass is 35.5. The van der Waals surface area contributed by atoms with Crippen molar-refractivity contribution >= 4 is 28.8 Å². The van der Waals surface area contributed by atoms with Crippen molar-refractivity contribution in [1.82, 2.24) is 9.36 Å². The van der Waals surface area contributed by atoms with Crippen molar-refractivity contribution in [3.05, 3.63) is 29.0 Å². The number of aromatic nitrogens is 2. The van der Waals surface area contributed by atoms with E-state index in [9.17, 15) is 13.2 Å². The van der Waals surface area contributed by atoms with Crippen LogP contribution in [0, 0.1) is 0 Å². The van der Waals surface area contributed by atoms with Crippen molar-refractivity contribution in [2.45, 2.75) is 6.18 Å². The smallest absolute Gasteiger partial charge is 0.430 e. The molecule has 0 aliphatic heterocycles. The van der Waals surface area contributed by atoms with Gasteiger partial charge in [0.2, 0.25) is 0 Å². The van der Waals surface area contributed by atoms with E-state index < -0.39 is 12.0 Å². The van der Waals surface area contributed by atoms with Crippen molar-refractivity contribution in [2.75, 3.05) is 5.73 Å². The average molecular weight is 296 g/mol. The maximum Gasteiger partial charge on any atom is 0.452 e. The van der Waals surface area contributed by atoms with Gasteiger partial charge >= 0.3 is 6.18 Å². The van der Waals surface area contributed by atoms with Crippen molar-refractivity contribution in [3.63, 3.8) is 0 Å². The Labute approximate surface area is 108 Å². The van der Waals surface area contributed by atoms with E-state index in [0.717, 1.165) is 0 Å². The fourth-order valence-corrected chi connectivity index (χ4v) is 1.78. The van der Waals surface area contributed by atoms with Gasteiger partial charge in [0.05, 0.1) is 10.7 Å². The molecule has 0 atom stereocenters. The molecule has 1 aromatic carbocycles. The van der Waals surface area contributed by atoms with E-state index in [-0.39, 0.29) is 16.0 Å². The van der Waals surface area contributed by atoms with Gasteiger partial charge in [-0.15, -0.1) is 0 Å². The number of hydrogen-bond donors (Lipinski definition) is 1. The summed E-state index contributed by atoms with van der Waals surface area (Å²) in [6.45, 7) is 0. The minimum absolute atomic E-state index is 0.219. The minimum atomic E-state index is -4.59. The maximum absolute atomic E-state index is 12.2. The standard InChI is InChI=1S/C9H5ClF3N3OS/c10-5-3-4(1-2-6(5)14)17-8-15-7(16-18-8)9(11,12)13/h1-3H,14H2. The van der Waals surface area contributed by atoms with Crippen LogP contribution in [-0.2, 0) is 6.18 Å². The van der Waals surface area contributed by atoms with Crippen LogP contribution in [0.15, 0.2) is 18.2 Å². The highest BCUT2D eigenvalue weighted by Crippen LogP contribution is 2.33. The quantitative estimate of drug-likeness (QED) is 0.860. The van der Waals surface area contributed by atoms with E-state index in [0.29, 0.717) is 17.2 Å². The summed E-state index contributed by atoms with van der Waals surface area (Å²) < 4.78 is 45.0. The zero-order valence-electron chi connectivity index (χ0n) is 8.53. The predicted molar refractivity (Wildman–Crippen MR) is 60.8 cm³/mol. The Bertz CT molecular complexity index is 572. The van der Waals surface area contributed by atoms with E-state index in [1.807, 2.05) is 0 Å². The van der Waals surface area contributed by atoms with Crippen LogP contribution in [-0.4, -0.2) is 9.36 Å². The van der Waals surface area contributed by atoms with Gasteiger partial charge in [-0.3, -0.25) is 0 Å². The number of benzene rings is 1. The largest absolute Gasteiger partial charge is 0.452 e. The Hall–Kier alpha value is -1.54. The number of alkyl halides is 3. The van der Waals surface area contributed by atoms with Gasteiger partial charge in [-0.1, -0.05) is 11.6 Å². The molecule has 0 aliphatic carbocycles. The summed E-state index contributed by atoms with van der Waals surface area (Å²) in [4.78, 5) is 3.21. The number of nitrogen functional groups attached to an aromatic ring is 1. The van der Waals surface area contributed by atoms with Crippen LogP contribution in [0.3, 0.4) is 0 Å². The molecule has 9 heteroatoms. The lowest BCUT2D eigenvalue weighted by Crippen LogP contribution is -2.06. The molecular weight excluding hydrogens is 291 g/mol. The lowest BCUT2D eigenvalue weighted by Gasteiger charge is -2.03. The molecule has 0 amide bonds. The highest BCUT2D eigenvalue weighted by Gasteiger charge is 2.36. The molecule has 0 radical (unpaired) electrons. The first kappa shape index (κ1) is 12.9. The fourth-order valence-electron chi connectivity index (χ4n) is 1.04. The highest BCUT2D eigenvalue weighted by molar-refractivity contribution is 7.07. The molecule has 0 saturated heterocycles. The van der Waals surface area contributed by atoms with Gasteiger partial charge in [0, 0.05) is 17.6 Å². The molecule has 0 bridgehead atoms. The van der Waals surface area contributed by atoms with Crippen LogP contribution < -0.4 is 10.5 Å². The lowest BCUT2D eigenvalue weighted by molar-refractivity contribution is -0.144. The molecule has 0 unspecified atom stereocenters. The second-order valence-electron chi connectivity index (χ2n) is 3.17. The van der Waals surface area contributed by atoms with Crippen molar-refractivity contribution in [3.8, 4) is 10.9 Å². The molecule has 96 valence electrons. The number of nitrogens with zero attached hydrogens (tertiary/aromatic N) is 2. The molecular formula is C9H5ClF3N3OS. The average Bonchev–Trinajstić information content (AvgIpc) is 2.72. The molecule has 1 heterocycles. The maximum atomic E-state index is 12.2.